The minimum atomic E-state index is -0.350. The van der Waals surface area contributed by atoms with Gasteiger partial charge in [0.05, 0.1) is 7.11 Å². The molecule has 0 aromatic heterocycles. The molecule has 0 amide bonds. The summed E-state index contributed by atoms with van der Waals surface area (Å²) in [7, 11) is 1.35. The average molecular weight is 187 g/mol. The van der Waals surface area contributed by atoms with Crippen LogP contribution in [0.5, 0.6) is 0 Å². The van der Waals surface area contributed by atoms with Gasteiger partial charge in [-0.2, -0.15) is 0 Å². The smallest absolute Gasteiger partial charge is 0.331 e. The lowest BCUT2D eigenvalue weighted by atomic mass is 10.4. The summed E-state index contributed by atoms with van der Waals surface area (Å²) >= 11 is 0. The fraction of sp³-hybridized carbons (Fsp3) is 0.667. The number of carbonyl (C=O) groups is 1. The van der Waals surface area contributed by atoms with Gasteiger partial charge in [-0.25, -0.2) is 4.79 Å². The Kier molecular flexibility index (Phi) is 8.34. The number of methoxy groups -OCH3 is 1. The molecule has 76 valence electrons. The number of carbonyl (C=O) groups excluding carboxylic acids is 1. The number of ether oxygens (including phenoxy) is 2. The molecule has 1 N–H and O–H groups in total. The number of esters is 1. The Morgan fingerprint density at radius 1 is 1.54 bits per heavy atom. The van der Waals surface area contributed by atoms with Crippen LogP contribution in [-0.4, -0.2) is 32.8 Å². The van der Waals surface area contributed by atoms with E-state index in [9.17, 15) is 4.79 Å². The summed E-state index contributed by atoms with van der Waals surface area (Å²) in [6.45, 7) is 4.26. The summed E-state index contributed by atoms with van der Waals surface area (Å²) in [4.78, 5) is 10.6. The molecule has 0 saturated heterocycles. The Bertz CT molecular complexity index is 157. The molecule has 0 aliphatic rings. The highest BCUT2D eigenvalue weighted by Crippen LogP contribution is 1.80. The molecular weight excluding hydrogens is 170 g/mol. The topological polar surface area (TPSA) is 47.6 Å². The normalized spacial score (nSPS) is 10.3. The maximum atomic E-state index is 10.6. The van der Waals surface area contributed by atoms with Crippen molar-refractivity contribution in [1.82, 2.24) is 5.32 Å². The van der Waals surface area contributed by atoms with Crippen LogP contribution in [0, 0.1) is 0 Å². The summed E-state index contributed by atoms with van der Waals surface area (Å²) in [5.41, 5.74) is 0. The second-order valence-corrected chi connectivity index (χ2v) is 2.36. The van der Waals surface area contributed by atoms with E-state index in [0.717, 1.165) is 26.2 Å². The van der Waals surface area contributed by atoms with Gasteiger partial charge in [-0.1, -0.05) is 0 Å². The fourth-order valence-electron chi connectivity index (χ4n) is 0.699. The highest BCUT2D eigenvalue weighted by Gasteiger charge is 1.88. The predicted molar refractivity (Wildman–Crippen MR) is 50.3 cm³/mol. The van der Waals surface area contributed by atoms with E-state index in [-0.39, 0.29) is 5.97 Å². The molecule has 0 aliphatic heterocycles. The third-order valence-corrected chi connectivity index (χ3v) is 1.35. The van der Waals surface area contributed by atoms with Crippen molar-refractivity contribution in [1.29, 1.82) is 0 Å². The van der Waals surface area contributed by atoms with Gasteiger partial charge < -0.3 is 14.8 Å². The zero-order valence-electron chi connectivity index (χ0n) is 8.21. The van der Waals surface area contributed by atoms with Crippen molar-refractivity contribution in [2.24, 2.45) is 0 Å². The lowest BCUT2D eigenvalue weighted by molar-refractivity contribution is -0.134. The average Bonchev–Trinajstić information content (AvgIpc) is 2.16. The molecular formula is C9H17NO3. The molecule has 0 fully saturated rings. The molecule has 0 aromatic carbocycles. The first-order valence-corrected chi connectivity index (χ1v) is 4.37. The zero-order chi connectivity index (χ0) is 9.94. The van der Waals surface area contributed by atoms with E-state index in [1.807, 2.05) is 6.92 Å². The Hall–Kier alpha value is -1.03. The molecule has 4 nitrogen and oxygen atoms in total. The van der Waals surface area contributed by atoms with E-state index in [4.69, 9.17) is 4.74 Å². The Balaban J connectivity index is 3.15. The van der Waals surface area contributed by atoms with E-state index < -0.39 is 0 Å². The van der Waals surface area contributed by atoms with Gasteiger partial charge in [0, 0.05) is 32.0 Å². The van der Waals surface area contributed by atoms with E-state index in [1.54, 1.807) is 6.20 Å². The van der Waals surface area contributed by atoms with Crippen LogP contribution in [0.3, 0.4) is 0 Å². The summed E-state index contributed by atoms with van der Waals surface area (Å²) in [6, 6.07) is 0. The molecule has 0 bridgehead atoms. The molecule has 4 heteroatoms. The summed E-state index contributed by atoms with van der Waals surface area (Å²) in [5, 5.41) is 2.95. The van der Waals surface area contributed by atoms with Crippen molar-refractivity contribution in [3.05, 3.63) is 12.3 Å². The van der Waals surface area contributed by atoms with Crippen LogP contribution < -0.4 is 5.32 Å². The summed E-state index contributed by atoms with van der Waals surface area (Å²) < 4.78 is 9.53. The van der Waals surface area contributed by atoms with Crippen molar-refractivity contribution < 1.29 is 14.3 Å². The first-order chi connectivity index (χ1) is 6.31. The first-order valence-electron chi connectivity index (χ1n) is 4.37. The van der Waals surface area contributed by atoms with E-state index in [1.165, 1.54) is 13.2 Å². The second kappa shape index (κ2) is 9.06. The van der Waals surface area contributed by atoms with Crippen LogP contribution in [0.2, 0.25) is 0 Å². The summed E-state index contributed by atoms with van der Waals surface area (Å²) in [5.74, 6) is -0.350. The van der Waals surface area contributed by atoms with Gasteiger partial charge in [0.15, 0.2) is 0 Å². The van der Waals surface area contributed by atoms with Crippen molar-refractivity contribution >= 4 is 5.97 Å². The van der Waals surface area contributed by atoms with Gasteiger partial charge >= 0.3 is 5.97 Å². The van der Waals surface area contributed by atoms with E-state index >= 15 is 0 Å². The van der Waals surface area contributed by atoms with Crippen LogP contribution in [0.25, 0.3) is 0 Å². The van der Waals surface area contributed by atoms with Crippen LogP contribution in [0.1, 0.15) is 13.3 Å². The van der Waals surface area contributed by atoms with Gasteiger partial charge in [0.2, 0.25) is 0 Å². The maximum absolute atomic E-state index is 10.6. The van der Waals surface area contributed by atoms with E-state index in [0.29, 0.717) is 0 Å². The van der Waals surface area contributed by atoms with Crippen LogP contribution in [0.4, 0.5) is 0 Å². The molecule has 13 heavy (non-hydrogen) atoms. The van der Waals surface area contributed by atoms with Gasteiger partial charge in [0.25, 0.3) is 0 Å². The van der Waals surface area contributed by atoms with Crippen molar-refractivity contribution in [2.75, 3.05) is 26.9 Å². The molecule has 0 spiro atoms. The van der Waals surface area contributed by atoms with Crippen molar-refractivity contribution in [2.45, 2.75) is 13.3 Å². The zero-order valence-corrected chi connectivity index (χ0v) is 8.21. The maximum Gasteiger partial charge on any atom is 0.331 e. The van der Waals surface area contributed by atoms with Gasteiger partial charge in [-0.15, -0.1) is 0 Å². The van der Waals surface area contributed by atoms with Gasteiger partial charge in [-0.3, -0.25) is 0 Å². The fourth-order valence-corrected chi connectivity index (χ4v) is 0.699. The molecule has 0 radical (unpaired) electrons. The highest BCUT2D eigenvalue weighted by molar-refractivity contribution is 5.81. The number of hydrogen-bond acceptors (Lipinski definition) is 4. The molecule has 0 saturated carbocycles. The number of nitrogens with one attached hydrogen (secondary N) is 1. The first kappa shape index (κ1) is 12.0. The van der Waals surface area contributed by atoms with Crippen LogP contribution in [-0.2, 0) is 14.3 Å². The van der Waals surface area contributed by atoms with Crippen molar-refractivity contribution in [3.8, 4) is 0 Å². The minimum Gasteiger partial charge on any atom is -0.466 e. The Labute approximate surface area is 78.9 Å². The lowest BCUT2D eigenvalue weighted by Gasteiger charge is -2.00. The Morgan fingerprint density at radius 3 is 2.92 bits per heavy atom. The standard InChI is InChI=1S/C9H17NO3/c1-3-13-8-4-6-10-7-5-9(11)12-2/h5,7,10H,3-4,6,8H2,1-2H3/b7-5+. The van der Waals surface area contributed by atoms with E-state index in [2.05, 4.69) is 10.1 Å². The second-order valence-electron chi connectivity index (χ2n) is 2.36. The Morgan fingerprint density at radius 2 is 2.31 bits per heavy atom. The summed E-state index contributed by atoms with van der Waals surface area (Å²) in [6.07, 6.45) is 3.86. The quantitative estimate of drug-likeness (QED) is 0.362. The van der Waals surface area contributed by atoms with Crippen molar-refractivity contribution in [3.63, 3.8) is 0 Å². The molecule has 0 aliphatic carbocycles. The predicted octanol–water partition coefficient (Wildman–Crippen LogP) is 0.689. The lowest BCUT2D eigenvalue weighted by Crippen LogP contribution is -2.10. The van der Waals surface area contributed by atoms with Gasteiger partial charge in [0.1, 0.15) is 0 Å². The molecule has 0 unspecified atom stereocenters. The number of rotatable bonds is 7. The molecule has 0 atom stereocenters. The third kappa shape index (κ3) is 8.88. The largest absolute Gasteiger partial charge is 0.466 e. The highest BCUT2D eigenvalue weighted by atomic mass is 16.5. The van der Waals surface area contributed by atoms with Crippen LogP contribution in [0.15, 0.2) is 12.3 Å². The molecule has 0 aromatic rings. The number of hydrogen-bond donors (Lipinski definition) is 1. The molecule has 0 heterocycles. The van der Waals surface area contributed by atoms with Gasteiger partial charge in [-0.05, 0) is 13.3 Å². The SMILES string of the molecule is CCOCCCN/C=C/C(=O)OC. The molecule has 0 rings (SSSR count). The van der Waals surface area contributed by atoms with Crippen LogP contribution >= 0.6 is 0 Å². The minimum absolute atomic E-state index is 0.350. The monoisotopic (exact) mass is 187 g/mol. The third-order valence-electron chi connectivity index (χ3n) is 1.35.